The average molecular weight is 278 g/mol. The summed E-state index contributed by atoms with van der Waals surface area (Å²) in [7, 11) is -2.24. The number of imidazole rings is 1. The van der Waals surface area contributed by atoms with Crippen LogP contribution in [0.4, 0.5) is 13.2 Å². The van der Waals surface area contributed by atoms with Crippen LogP contribution in [0, 0.1) is 0 Å². The van der Waals surface area contributed by atoms with Crippen LogP contribution in [0.5, 0.6) is 0 Å². The van der Waals surface area contributed by atoms with Crippen molar-refractivity contribution in [3.05, 3.63) is 24.0 Å². The Hall–Kier alpha value is -1.57. The van der Waals surface area contributed by atoms with Crippen molar-refractivity contribution in [3.8, 4) is 0 Å². The Labute approximate surface area is 101 Å². The number of halogens is 3. The monoisotopic (exact) mass is 278 g/mol. The molecule has 0 atom stereocenters. The largest absolute Gasteiger partial charge is 0.416 e. The van der Waals surface area contributed by atoms with Gasteiger partial charge in [0.1, 0.15) is 0 Å². The molecule has 8 heteroatoms. The Morgan fingerprint density at radius 2 is 1.89 bits per heavy atom. The fourth-order valence-corrected chi connectivity index (χ4v) is 2.64. The van der Waals surface area contributed by atoms with E-state index in [-0.39, 0.29) is 15.9 Å². The zero-order chi connectivity index (χ0) is 13.7. The number of fused-ring (bicyclic) bond motifs is 1. The molecule has 1 aromatic heterocycles. The lowest BCUT2D eigenvalue weighted by Gasteiger charge is -2.10. The standard InChI is InChI=1S/C10H9F3N2O2S/c1-15-5-14-7-3-6(10(11,12)13)4-8(9(7)15)18(2,16)17/h3-5H,1-2H3. The molecule has 0 aliphatic rings. The Morgan fingerprint density at radius 3 is 2.39 bits per heavy atom. The van der Waals surface area contributed by atoms with Gasteiger partial charge in [0.05, 0.1) is 27.8 Å². The van der Waals surface area contributed by atoms with Crippen molar-refractivity contribution >= 4 is 20.9 Å². The molecule has 0 N–H and O–H groups in total. The van der Waals surface area contributed by atoms with Crippen molar-refractivity contribution in [2.24, 2.45) is 7.05 Å². The lowest BCUT2D eigenvalue weighted by atomic mass is 10.2. The fraction of sp³-hybridized carbons (Fsp3) is 0.300. The second-order valence-electron chi connectivity index (χ2n) is 3.97. The van der Waals surface area contributed by atoms with Crippen LogP contribution >= 0.6 is 0 Å². The number of aromatic nitrogens is 2. The summed E-state index contributed by atoms with van der Waals surface area (Å²) >= 11 is 0. The van der Waals surface area contributed by atoms with Crippen LogP contribution in [0.1, 0.15) is 5.56 Å². The van der Waals surface area contributed by atoms with E-state index in [1.54, 1.807) is 0 Å². The van der Waals surface area contributed by atoms with E-state index in [0.717, 1.165) is 12.3 Å². The number of nitrogens with zero attached hydrogens (tertiary/aromatic N) is 2. The summed E-state index contributed by atoms with van der Waals surface area (Å²) in [5.41, 5.74) is -0.840. The molecule has 0 bridgehead atoms. The van der Waals surface area contributed by atoms with Gasteiger partial charge in [-0.1, -0.05) is 0 Å². The molecule has 4 nitrogen and oxygen atoms in total. The number of alkyl halides is 3. The summed E-state index contributed by atoms with van der Waals surface area (Å²) in [4.78, 5) is 3.40. The molecule has 0 fully saturated rings. The first-order valence-corrected chi connectivity index (χ1v) is 6.72. The molecule has 18 heavy (non-hydrogen) atoms. The fourth-order valence-electron chi connectivity index (χ4n) is 1.70. The topological polar surface area (TPSA) is 52.0 Å². The third kappa shape index (κ3) is 2.07. The van der Waals surface area contributed by atoms with Gasteiger partial charge in [0.2, 0.25) is 0 Å². The maximum absolute atomic E-state index is 12.7. The Balaban J connectivity index is 2.92. The van der Waals surface area contributed by atoms with Crippen LogP contribution in [0.2, 0.25) is 0 Å². The Kier molecular flexibility index (Phi) is 2.65. The van der Waals surface area contributed by atoms with E-state index in [0.29, 0.717) is 6.07 Å². The summed E-state index contributed by atoms with van der Waals surface area (Å²) in [6.07, 6.45) is -2.46. The highest BCUT2D eigenvalue weighted by molar-refractivity contribution is 7.91. The molecule has 0 amide bonds. The highest BCUT2D eigenvalue weighted by Gasteiger charge is 2.33. The van der Waals surface area contributed by atoms with Gasteiger partial charge in [0.25, 0.3) is 0 Å². The molecular formula is C10H9F3N2O2S. The summed E-state index contributed by atoms with van der Waals surface area (Å²) < 4.78 is 62.5. The highest BCUT2D eigenvalue weighted by Crippen LogP contribution is 2.34. The molecule has 0 aliphatic carbocycles. The minimum Gasteiger partial charge on any atom is -0.333 e. The molecule has 0 unspecified atom stereocenters. The zero-order valence-corrected chi connectivity index (χ0v) is 10.3. The van der Waals surface area contributed by atoms with Crippen molar-refractivity contribution < 1.29 is 21.6 Å². The molecule has 0 spiro atoms. The average Bonchev–Trinajstić information content (AvgIpc) is 2.56. The molecular weight excluding hydrogens is 269 g/mol. The van der Waals surface area contributed by atoms with Crippen LogP contribution in [0.15, 0.2) is 23.4 Å². The van der Waals surface area contributed by atoms with Gasteiger partial charge in [-0.25, -0.2) is 13.4 Å². The predicted octanol–water partition coefficient (Wildman–Crippen LogP) is 2.00. The number of sulfone groups is 1. The van der Waals surface area contributed by atoms with Crippen LogP contribution in [0.25, 0.3) is 11.0 Å². The number of hydrogen-bond acceptors (Lipinski definition) is 3. The van der Waals surface area contributed by atoms with E-state index in [1.165, 1.54) is 17.9 Å². The van der Waals surface area contributed by atoms with E-state index in [2.05, 4.69) is 4.98 Å². The van der Waals surface area contributed by atoms with E-state index >= 15 is 0 Å². The molecule has 0 radical (unpaired) electrons. The van der Waals surface area contributed by atoms with Gasteiger partial charge in [-0.2, -0.15) is 13.2 Å². The Bertz CT molecular complexity index is 717. The quantitative estimate of drug-likeness (QED) is 0.801. The first-order chi connectivity index (χ1) is 8.10. The summed E-state index contributed by atoms with van der Waals surface area (Å²) in [5, 5.41) is 0. The second kappa shape index (κ2) is 3.71. The minimum absolute atomic E-state index is 0.00718. The van der Waals surface area contributed by atoms with Gasteiger partial charge < -0.3 is 4.57 Å². The number of rotatable bonds is 1. The number of aryl methyl sites for hydroxylation is 1. The van der Waals surface area contributed by atoms with Crippen molar-refractivity contribution in [2.45, 2.75) is 11.1 Å². The van der Waals surface area contributed by atoms with Crippen molar-refractivity contribution in [2.75, 3.05) is 6.26 Å². The lowest BCUT2D eigenvalue weighted by molar-refractivity contribution is -0.137. The summed E-state index contributed by atoms with van der Waals surface area (Å²) in [6.45, 7) is 0. The molecule has 1 heterocycles. The molecule has 2 rings (SSSR count). The molecule has 98 valence electrons. The lowest BCUT2D eigenvalue weighted by Crippen LogP contribution is -2.08. The van der Waals surface area contributed by atoms with Crippen LogP contribution < -0.4 is 0 Å². The van der Waals surface area contributed by atoms with Crippen LogP contribution in [-0.4, -0.2) is 24.2 Å². The molecule has 2 aromatic rings. The maximum Gasteiger partial charge on any atom is 0.416 e. The number of benzene rings is 1. The third-order valence-electron chi connectivity index (χ3n) is 2.50. The van der Waals surface area contributed by atoms with Gasteiger partial charge in [0, 0.05) is 13.3 Å². The first-order valence-electron chi connectivity index (χ1n) is 4.83. The van der Waals surface area contributed by atoms with Crippen LogP contribution in [-0.2, 0) is 23.1 Å². The molecule has 0 saturated heterocycles. The van der Waals surface area contributed by atoms with Gasteiger partial charge >= 0.3 is 6.18 Å². The summed E-state index contributed by atoms with van der Waals surface area (Å²) in [6, 6.07) is 1.48. The van der Waals surface area contributed by atoms with E-state index in [9.17, 15) is 21.6 Å². The second-order valence-corrected chi connectivity index (χ2v) is 5.95. The van der Waals surface area contributed by atoms with E-state index < -0.39 is 21.6 Å². The number of hydrogen-bond donors (Lipinski definition) is 0. The third-order valence-corrected chi connectivity index (χ3v) is 3.61. The first kappa shape index (κ1) is 12.9. The van der Waals surface area contributed by atoms with Crippen molar-refractivity contribution in [1.82, 2.24) is 9.55 Å². The van der Waals surface area contributed by atoms with Gasteiger partial charge in [-0.05, 0) is 12.1 Å². The van der Waals surface area contributed by atoms with Gasteiger partial charge in [-0.3, -0.25) is 0 Å². The summed E-state index contributed by atoms with van der Waals surface area (Å²) in [5.74, 6) is 0. The zero-order valence-electron chi connectivity index (χ0n) is 9.49. The minimum atomic E-state index is -4.61. The van der Waals surface area contributed by atoms with Crippen LogP contribution in [0.3, 0.4) is 0 Å². The van der Waals surface area contributed by atoms with E-state index in [1.807, 2.05) is 0 Å². The highest BCUT2D eigenvalue weighted by atomic mass is 32.2. The Morgan fingerprint density at radius 1 is 1.28 bits per heavy atom. The van der Waals surface area contributed by atoms with Crippen molar-refractivity contribution in [3.63, 3.8) is 0 Å². The maximum atomic E-state index is 12.7. The van der Waals surface area contributed by atoms with Gasteiger partial charge in [0.15, 0.2) is 9.84 Å². The molecule has 0 saturated carbocycles. The SMILES string of the molecule is Cn1cnc2cc(C(F)(F)F)cc(S(C)(=O)=O)c21. The predicted molar refractivity (Wildman–Crippen MR) is 58.8 cm³/mol. The molecule has 1 aromatic carbocycles. The normalized spacial score (nSPS) is 13.2. The molecule has 0 aliphatic heterocycles. The smallest absolute Gasteiger partial charge is 0.333 e. The van der Waals surface area contributed by atoms with Crippen molar-refractivity contribution in [1.29, 1.82) is 0 Å². The van der Waals surface area contributed by atoms with Gasteiger partial charge in [-0.15, -0.1) is 0 Å². The van der Waals surface area contributed by atoms with E-state index in [4.69, 9.17) is 0 Å².